The number of benzene rings is 2. The van der Waals surface area contributed by atoms with Crippen molar-refractivity contribution < 1.29 is 0 Å². The van der Waals surface area contributed by atoms with Gasteiger partial charge in [-0.3, -0.25) is 0 Å². The Balaban J connectivity index is 1.96. The summed E-state index contributed by atoms with van der Waals surface area (Å²) in [4.78, 5) is 0. The third-order valence-corrected chi connectivity index (χ3v) is 9.11. The van der Waals surface area contributed by atoms with Crippen LogP contribution in [0.5, 0.6) is 0 Å². The van der Waals surface area contributed by atoms with Crippen LogP contribution in [-0.4, -0.2) is 5.66 Å². The molecule has 4 unspecified atom stereocenters. The first-order valence-electron chi connectivity index (χ1n) is 9.92. The summed E-state index contributed by atoms with van der Waals surface area (Å²) in [6.07, 6.45) is 5.49. The van der Waals surface area contributed by atoms with Gasteiger partial charge in [0.05, 0.1) is 0 Å². The molecule has 1 saturated carbocycles. The molecule has 4 atom stereocenters. The second kappa shape index (κ2) is 8.50. The SMILES string of the molecule is Cc1ccccc1CP(c1ccccc1)C1CC(C)CCC1C(C)C. The standard InChI is InChI=1S/C24H33P/c1-18(2)23-15-14-19(3)16-24(23)25(22-12-6-5-7-13-22)17-21-11-9-8-10-20(21)4/h5-13,18-19,23-24H,14-17H2,1-4H3. The lowest BCUT2D eigenvalue weighted by atomic mass is 9.77. The van der Waals surface area contributed by atoms with E-state index in [2.05, 4.69) is 82.3 Å². The maximum atomic E-state index is 2.47. The van der Waals surface area contributed by atoms with Crippen LogP contribution in [-0.2, 0) is 6.16 Å². The minimum Gasteiger partial charge on any atom is -0.0674 e. The lowest BCUT2D eigenvalue weighted by Crippen LogP contribution is -2.33. The molecule has 0 aromatic heterocycles. The van der Waals surface area contributed by atoms with Gasteiger partial charge in [-0.05, 0) is 65.8 Å². The quantitative estimate of drug-likeness (QED) is 0.521. The topological polar surface area (TPSA) is 0 Å². The summed E-state index contributed by atoms with van der Waals surface area (Å²) in [7, 11) is -0.165. The number of hydrogen-bond acceptors (Lipinski definition) is 0. The Labute approximate surface area is 155 Å². The average Bonchev–Trinajstić information content (AvgIpc) is 2.61. The van der Waals surface area contributed by atoms with E-state index in [-0.39, 0.29) is 7.92 Å². The molecule has 0 heterocycles. The maximum absolute atomic E-state index is 2.47. The molecule has 0 N–H and O–H groups in total. The molecule has 25 heavy (non-hydrogen) atoms. The first kappa shape index (κ1) is 18.7. The Hall–Kier alpha value is -1.13. The minimum atomic E-state index is -0.165. The highest BCUT2D eigenvalue weighted by molar-refractivity contribution is 7.65. The summed E-state index contributed by atoms with van der Waals surface area (Å²) in [5.41, 5.74) is 3.87. The van der Waals surface area contributed by atoms with Crippen LogP contribution in [0.3, 0.4) is 0 Å². The Bertz CT molecular complexity index is 661. The van der Waals surface area contributed by atoms with Crippen molar-refractivity contribution in [1.29, 1.82) is 0 Å². The van der Waals surface area contributed by atoms with Crippen molar-refractivity contribution in [3.63, 3.8) is 0 Å². The van der Waals surface area contributed by atoms with Crippen molar-refractivity contribution in [2.24, 2.45) is 17.8 Å². The molecule has 0 aliphatic heterocycles. The fourth-order valence-corrected chi connectivity index (χ4v) is 8.15. The first-order chi connectivity index (χ1) is 12.1. The third kappa shape index (κ3) is 4.53. The molecule has 1 aliphatic carbocycles. The van der Waals surface area contributed by atoms with Crippen molar-refractivity contribution >= 4 is 13.2 Å². The van der Waals surface area contributed by atoms with Crippen molar-refractivity contribution in [3.05, 3.63) is 65.7 Å². The average molecular weight is 353 g/mol. The van der Waals surface area contributed by atoms with Crippen LogP contribution >= 0.6 is 7.92 Å². The molecule has 0 saturated heterocycles. The predicted octanol–water partition coefficient (Wildman–Crippen LogP) is 6.76. The molecule has 0 spiro atoms. The molecule has 1 aliphatic rings. The second-order valence-corrected chi connectivity index (χ2v) is 10.7. The van der Waals surface area contributed by atoms with Crippen molar-refractivity contribution in [2.45, 2.75) is 58.8 Å². The molecule has 0 nitrogen and oxygen atoms in total. The summed E-state index contributed by atoms with van der Waals surface area (Å²) in [5.74, 6) is 2.56. The van der Waals surface area contributed by atoms with E-state index in [0.717, 1.165) is 23.4 Å². The van der Waals surface area contributed by atoms with Gasteiger partial charge >= 0.3 is 0 Å². The van der Waals surface area contributed by atoms with Gasteiger partial charge in [-0.15, -0.1) is 0 Å². The zero-order valence-corrected chi connectivity index (χ0v) is 17.2. The monoisotopic (exact) mass is 352 g/mol. The van der Waals surface area contributed by atoms with Crippen LogP contribution in [0.1, 0.15) is 51.2 Å². The smallest absolute Gasteiger partial charge is 0.00276 e. The van der Waals surface area contributed by atoms with E-state index in [1.54, 1.807) is 10.9 Å². The van der Waals surface area contributed by atoms with Gasteiger partial charge in [0, 0.05) is 0 Å². The van der Waals surface area contributed by atoms with Gasteiger partial charge in [0.25, 0.3) is 0 Å². The summed E-state index contributed by atoms with van der Waals surface area (Å²) in [6, 6.07) is 20.4. The van der Waals surface area contributed by atoms with Crippen LogP contribution in [0, 0.1) is 24.7 Å². The van der Waals surface area contributed by atoms with E-state index >= 15 is 0 Å². The van der Waals surface area contributed by atoms with Gasteiger partial charge < -0.3 is 0 Å². The molecule has 2 aromatic carbocycles. The highest BCUT2D eigenvalue weighted by Crippen LogP contribution is 2.54. The van der Waals surface area contributed by atoms with E-state index in [4.69, 9.17) is 0 Å². The van der Waals surface area contributed by atoms with Crippen LogP contribution in [0.2, 0.25) is 0 Å². The number of hydrogen-bond donors (Lipinski definition) is 0. The van der Waals surface area contributed by atoms with Gasteiger partial charge in [-0.1, -0.05) is 89.7 Å². The Morgan fingerprint density at radius 3 is 2.32 bits per heavy atom. The Morgan fingerprint density at radius 1 is 0.960 bits per heavy atom. The fraction of sp³-hybridized carbons (Fsp3) is 0.500. The highest BCUT2D eigenvalue weighted by Gasteiger charge is 2.36. The van der Waals surface area contributed by atoms with E-state index in [1.807, 2.05) is 0 Å². The first-order valence-corrected chi connectivity index (χ1v) is 11.5. The van der Waals surface area contributed by atoms with Crippen LogP contribution in [0.15, 0.2) is 54.6 Å². The molecule has 1 fully saturated rings. The summed E-state index contributed by atoms with van der Waals surface area (Å²) in [6.45, 7) is 9.63. The number of aryl methyl sites for hydroxylation is 1. The molecule has 0 bridgehead atoms. The maximum Gasteiger partial charge on any atom is -0.00276 e. The lowest BCUT2D eigenvalue weighted by molar-refractivity contribution is 0.241. The molecule has 134 valence electrons. The molecule has 2 aromatic rings. The molecule has 0 amide bonds. The lowest BCUT2D eigenvalue weighted by Gasteiger charge is -2.42. The van der Waals surface area contributed by atoms with E-state index in [1.165, 1.54) is 31.0 Å². The fourth-order valence-electron chi connectivity index (χ4n) is 4.50. The summed E-state index contributed by atoms with van der Waals surface area (Å²) >= 11 is 0. The van der Waals surface area contributed by atoms with Gasteiger partial charge in [0.15, 0.2) is 0 Å². The van der Waals surface area contributed by atoms with E-state index in [0.29, 0.717) is 0 Å². The minimum absolute atomic E-state index is 0.165. The molecule has 1 heteroatoms. The van der Waals surface area contributed by atoms with Gasteiger partial charge in [-0.25, -0.2) is 0 Å². The normalized spacial score (nSPS) is 25.1. The van der Waals surface area contributed by atoms with E-state index in [9.17, 15) is 0 Å². The van der Waals surface area contributed by atoms with Crippen molar-refractivity contribution in [2.75, 3.05) is 0 Å². The second-order valence-electron chi connectivity index (χ2n) is 8.28. The largest absolute Gasteiger partial charge is 0.0674 e. The van der Waals surface area contributed by atoms with Gasteiger partial charge in [0.2, 0.25) is 0 Å². The van der Waals surface area contributed by atoms with Crippen LogP contribution in [0.25, 0.3) is 0 Å². The zero-order valence-electron chi connectivity index (χ0n) is 16.3. The highest BCUT2D eigenvalue weighted by atomic mass is 31.1. The van der Waals surface area contributed by atoms with Crippen LogP contribution in [0.4, 0.5) is 0 Å². The predicted molar refractivity (Wildman–Crippen MR) is 113 cm³/mol. The van der Waals surface area contributed by atoms with E-state index < -0.39 is 0 Å². The summed E-state index contributed by atoms with van der Waals surface area (Å²) < 4.78 is 0. The molecular weight excluding hydrogens is 319 g/mol. The molecule has 3 rings (SSSR count). The summed E-state index contributed by atoms with van der Waals surface area (Å²) in [5, 5.41) is 1.60. The Kier molecular flexibility index (Phi) is 6.34. The molecule has 0 radical (unpaired) electrons. The van der Waals surface area contributed by atoms with Gasteiger partial charge in [-0.2, -0.15) is 0 Å². The Morgan fingerprint density at radius 2 is 1.64 bits per heavy atom. The van der Waals surface area contributed by atoms with Crippen molar-refractivity contribution in [1.82, 2.24) is 0 Å². The van der Waals surface area contributed by atoms with Crippen molar-refractivity contribution in [3.8, 4) is 0 Å². The van der Waals surface area contributed by atoms with Crippen LogP contribution < -0.4 is 5.30 Å². The zero-order chi connectivity index (χ0) is 17.8. The van der Waals surface area contributed by atoms with Gasteiger partial charge in [0.1, 0.15) is 0 Å². The third-order valence-electron chi connectivity index (χ3n) is 6.08. The number of rotatable bonds is 5. The molecular formula is C24H33P.